The zero-order valence-corrected chi connectivity index (χ0v) is 12.0. The predicted molar refractivity (Wildman–Crippen MR) is 80.7 cm³/mol. The average Bonchev–Trinajstić information content (AvgIpc) is 2.51. The lowest BCUT2D eigenvalue weighted by atomic mass is 9.91. The number of hydrogen-bond donors (Lipinski definition) is 0. The van der Waals surface area contributed by atoms with Crippen molar-refractivity contribution in [1.82, 2.24) is 0 Å². The summed E-state index contributed by atoms with van der Waals surface area (Å²) in [4.78, 5) is 12.5. The van der Waals surface area contributed by atoms with Crippen LogP contribution in [0.1, 0.15) is 27.7 Å². The molecule has 0 saturated carbocycles. The Morgan fingerprint density at radius 2 is 1.63 bits per heavy atom. The van der Waals surface area contributed by atoms with Crippen LogP contribution in [0.3, 0.4) is 0 Å². The van der Waals surface area contributed by atoms with Gasteiger partial charge < -0.3 is 0 Å². The molecule has 19 heavy (non-hydrogen) atoms. The third-order valence-corrected chi connectivity index (χ3v) is 3.46. The number of hydrogen-bond acceptors (Lipinski definition) is 1. The first kappa shape index (κ1) is 13.5. The van der Waals surface area contributed by atoms with Crippen LogP contribution in [-0.2, 0) is 4.79 Å². The van der Waals surface area contributed by atoms with Crippen LogP contribution in [0.5, 0.6) is 0 Å². The third kappa shape index (κ3) is 2.46. The molecule has 0 saturated heterocycles. The highest BCUT2D eigenvalue weighted by atomic mass is 16.1. The zero-order chi connectivity index (χ0) is 14.0. The minimum absolute atomic E-state index is 0.00330. The van der Waals surface area contributed by atoms with Gasteiger partial charge in [0.05, 0.1) is 0 Å². The maximum atomic E-state index is 12.5. The van der Waals surface area contributed by atoms with E-state index in [1.807, 2.05) is 44.2 Å². The second-order valence-corrected chi connectivity index (χ2v) is 5.45. The Hall–Kier alpha value is -1.89. The Morgan fingerprint density at radius 1 is 1.00 bits per heavy atom. The highest BCUT2D eigenvalue weighted by Gasteiger charge is 2.30. The number of carbonyl (C=O) groups excluding carboxylic acids is 1. The first-order chi connectivity index (χ1) is 9.00. The van der Waals surface area contributed by atoms with Gasteiger partial charge in [-0.25, -0.2) is 0 Å². The maximum absolute atomic E-state index is 12.5. The summed E-state index contributed by atoms with van der Waals surface area (Å²) in [5.41, 5.74) is 3.68. The van der Waals surface area contributed by atoms with Crippen molar-refractivity contribution in [3.63, 3.8) is 0 Å². The Kier molecular flexibility index (Phi) is 3.57. The standard InChI is InChI=1S/C18H20O/c1-5-7-8-15-13(6-2)14-9-11-18(3,4)12-10-16(14)17(15)19/h5-12H,1-4H3/b7-5-,13-6-,15-8+. The fourth-order valence-corrected chi connectivity index (χ4v) is 2.35. The number of rotatable bonds is 1. The van der Waals surface area contributed by atoms with Gasteiger partial charge >= 0.3 is 0 Å². The summed E-state index contributed by atoms with van der Waals surface area (Å²) in [6, 6.07) is 0. The molecule has 0 aromatic heterocycles. The van der Waals surface area contributed by atoms with E-state index in [2.05, 4.69) is 32.1 Å². The van der Waals surface area contributed by atoms with E-state index >= 15 is 0 Å². The summed E-state index contributed by atoms with van der Waals surface area (Å²) in [6.07, 6.45) is 16.1. The van der Waals surface area contributed by atoms with Gasteiger partial charge in [0.2, 0.25) is 0 Å². The lowest BCUT2D eigenvalue weighted by molar-refractivity contribution is -0.111. The van der Waals surface area contributed by atoms with E-state index in [1.165, 1.54) is 0 Å². The van der Waals surface area contributed by atoms with Crippen molar-refractivity contribution in [2.75, 3.05) is 0 Å². The van der Waals surface area contributed by atoms with Crippen LogP contribution >= 0.6 is 0 Å². The van der Waals surface area contributed by atoms with Gasteiger partial charge in [-0.15, -0.1) is 0 Å². The molecule has 0 amide bonds. The molecule has 1 nitrogen and oxygen atoms in total. The highest BCUT2D eigenvalue weighted by molar-refractivity contribution is 6.19. The van der Waals surface area contributed by atoms with Gasteiger partial charge in [-0.2, -0.15) is 0 Å². The van der Waals surface area contributed by atoms with E-state index in [-0.39, 0.29) is 11.2 Å². The fourth-order valence-electron chi connectivity index (χ4n) is 2.35. The summed E-state index contributed by atoms with van der Waals surface area (Å²) < 4.78 is 0. The molecule has 2 aliphatic rings. The van der Waals surface area contributed by atoms with Crippen LogP contribution in [0, 0.1) is 5.41 Å². The summed E-state index contributed by atoms with van der Waals surface area (Å²) in [7, 11) is 0. The molecular weight excluding hydrogens is 232 g/mol. The molecule has 2 rings (SSSR count). The Morgan fingerprint density at radius 3 is 2.21 bits per heavy atom. The highest BCUT2D eigenvalue weighted by Crippen LogP contribution is 2.38. The SMILES string of the molecule is C\C=C/C=C1/C(=O)C2=C(C=CC(C)(C)C=C2)/C1=C/C. The number of Topliss-reactive ketones (excluding diaryl/α,β-unsaturated/α-hetero) is 1. The molecule has 0 bridgehead atoms. The molecular formula is C18H20O. The van der Waals surface area contributed by atoms with Crippen molar-refractivity contribution in [1.29, 1.82) is 0 Å². The van der Waals surface area contributed by atoms with Crippen molar-refractivity contribution in [3.8, 4) is 0 Å². The van der Waals surface area contributed by atoms with Crippen molar-refractivity contribution >= 4 is 5.78 Å². The quantitative estimate of drug-likeness (QED) is 0.629. The molecule has 0 aromatic carbocycles. The lowest BCUT2D eigenvalue weighted by Crippen LogP contribution is -2.03. The molecule has 0 unspecified atom stereocenters. The van der Waals surface area contributed by atoms with Gasteiger partial charge in [0, 0.05) is 16.6 Å². The van der Waals surface area contributed by atoms with Gasteiger partial charge in [-0.3, -0.25) is 4.79 Å². The maximum Gasteiger partial charge on any atom is 0.194 e. The van der Waals surface area contributed by atoms with Gasteiger partial charge in [0.1, 0.15) is 0 Å². The molecule has 0 aromatic rings. The Balaban J connectivity index is 2.55. The van der Waals surface area contributed by atoms with E-state index in [1.54, 1.807) is 0 Å². The second-order valence-electron chi connectivity index (χ2n) is 5.45. The predicted octanol–water partition coefficient (Wildman–Crippen LogP) is 4.47. The average molecular weight is 252 g/mol. The molecule has 0 atom stereocenters. The summed E-state index contributed by atoms with van der Waals surface area (Å²) in [6.45, 7) is 8.21. The number of carbonyl (C=O) groups is 1. The number of ketones is 1. The Labute approximate surface area is 115 Å². The van der Waals surface area contributed by atoms with E-state index in [4.69, 9.17) is 0 Å². The van der Waals surface area contributed by atoms with Crippen molar-refractivity contribution < 1.29 is 4.79 Å². The first-order valence-electron chi connectivity index (χ1n) is 6.67. The smallest absolute Gasteiger partial charge is 0.194 e. The minimum atomic E-state index is -0.00330. The normalized spacial score (nSPS) is 25.8. The van der Waals surface area contributed by atoms with E-state index in [0.717, 1.165) is 22.3 Å². The van der Waals surface area contributed by atoms with Crippen LogP contribution in [0.25, 0.3) is 0 Å². The second kappa shape index (κ2) is 5.00. The van der Waals surface area contributed by atoms with Crippen molar-refractivity contribution in [3.05, 3.63) is 70.9 Å². The summed E-state index contributed by atoms with van der Waals surface area (Å²) in [5.74, 6) is 0.125. The van der Waals surface area contributed by atoms with Crippen LogP contribution in [0.15, 0.2) is 70.9 Å². The zero-order valence-electron chi connectivity index (χ0n) is 12.0. The minimum Gasteiger partial charge on any atom is -0.289 e. The van der Waals surface area contributed by atoms with Gasteiger partial charge in [-0.1, -0.05) is 62.5 Å². The van der Waals surface area contributed by atoms with Crippen LogP contribution in [-0.4, -0.2) is 5.78 Å². The fraction of sp³-hybridized carbons (Fsp3) is 0.278. The van der Waals surface area contributed by atoms with E-state index < -0.39 is 0 Å². The molecule has 0 radical (unpaired) electrons. The van der Waals surface area contributed by atoms with Crippen molar-refractivity contribution in [2.24, 2.45) is 5.41 Å². The topological polar surface area (TPSA) is 17.1 Å². The van der Waals surface area contributed by atoms with Gasteiger partial charge in [0.25, 0.3) is 0 Å². The molecule has 0 aliphatic heterocycles. The molecule has 0 N–H and O–H groups in total. The summed E-state index contributed by atoms with van der Waals surface area (Å²) >= 11 is 0. The third-order valence-electron chi connectivity index (χ3n) is 3.46. The summed E-state index contributed by atoms with van der Waals surface area (Å²) in [5, 5.41) is 0. The van der Waals surface area contributed by atoms with Crippen molar-refractivity contribution in [2.45, 2.75) is 27.7 Å². The molecule has 0 spiro atoms. The van der Waals surface area contributed by atoms with Crippen LogP contribution in [0.4, 0.5) is 0 Å². The lowest BCUT2D eigenvalue weighted by Gasteiger charge is -2.13. The van der Waals surface area contributed by atoms with Crippen LogP contribution < -0.4 is 0 Å². The monoisotopic (exact) mass is 252 g/mol. The van der Waals surface area contributed by atoms with Gasteiger partial charge in [0.15, 0.2) is 5.78 Å². The Bertz CT molecular complexity index is 587. The molecule has 1 heteroatoms. The molecule has 0 heterocycles. The molecule has 2 aliphatic carbocycles. The van der Waals surface area contributed by atoms with Gasteiger partial charge in [-0.05, 0) is 25.0 Å². The van der Waals surface area contributed by atoms with E-state index in [9.17, 15) is 4.79 Å². The number of allylic oxidation sites excluding steroid dienone is 12. The largest absolute Gasteiger partial charge is 0.289 e. The first-order valence-corrected chi connectivity index (χ1v) is 6.67. The molecule has 98 valence electrons. The molecule has 0 fully saturated rings. The van der Waals surface area contributed by atoms with Crippen LogP contribution in [0.2, 0.25) is 0 Å². The van der Waals surface area contributed by atoms with E-state index in [0.29, 0.717) is 0 Å².